The highest BCUT2D eigenvalue weighted by Gasteiger charge is 2.26. The quantitative estimate of drug-likeness (QED) is 0.772. The number of nitrogens with one attached hydrogen (secondary N) is 1. The van der Waals surface area contributed by atoms with E-state index in [4.69, 9.17) is 11.6 Å². The lowest BCUT2D eigenvalue weighted by atomic mass is 9.85. The molecule has 1 aromatic carbocycles. The summed E-state index contributed by atoms with van der Waals surface area (Å²) >= 11 is 5.90. The molecule has 15 heavy (non-hydrogen) atoms. The van der Waals surface area contributed by atoms with Gasteiger partial charge in [0.1, 0.15) is 5.75 Å². The smallest absolute Gasteiger partial charge is 0.115 e. The zero-order valence-corrected chi connectivity index (χ0v) is 9.37. The van der Waals surface area contributed by atoms with Gasteiger partial charge in [0, 0.05) is 11.9 Å². The number of rotatable bonds is 4. The standard InChI is InChI=1S/C12H16ClNO/c13-11-4-10(5-11)8-14-7-9-2-1-3-12(15)6-9/h1-3,6,10-11,14-15H,4-5,7-8H2. The largest absolute Gasteiger partial charge is 0.508 e. The van der Waals surface area contributed by atoms with Crippen LogP contribution in [-0.4, -0.2) is 17.0 Å². The average molecular weight is 226 g/mol. The maximum Gasteiger partial charge on any atom is 0.115 e. The Kier molecular flexibility index (Phi) is 3.49. The van der Waals surface area contributed by atoms with Crippen molar-refractivity contribution >= 4 is 11.6 Å². The fraction of sp³-hybridized carbons (Fsp3) is 0.500. The molecule has 2 N–H and O–H groups in total. The molecule has 82 valence electrons. The SMILES string of the molecule is Oc1cccc(CNCC2CC(Cl)C2)c1. The lowest BCUT2D eigenvalue weighted by Crippen LogP contribution is -2.33. The molecule has 2 nitrogen and oxygen atoms in total. The summed E-state index contributed by atoms with van der Waals surface area (Å²) < 4.78 is 0. The van der Waals surface area contributed by atoms with Crippen LogP contribution in [-0.2, 0) is 6.54 Å². The van der Waals surface area contributed by atoms with Gasteiger partial charge in [-0.1, -0.05) is 12.1 Å². The van der Waals surface area contributed by atoms with Crippen LogP contribution in [0.5, 0.6) is 5.75 Å². The van der Waals surface area contributed by atoms with Gasteiger partial charge in [-0.3, -0.25) is 0 Å². The second-order valence-electron chi connectivity index (χ2n) is 4.24. The lowest BCUT2D eigenvalue weighted by molar-refractivity contribution is 0.308. The van der Waals surface area contributed by atoms with Crippen LogP contribution in [0.15, 0.2) is 24.3 Å². The van der Waals surface area contributed by atoms with Gasteiger partial charge < -0.3 is 10.4 Å². The van der Waals surface area contributed by atoms with Crippen molar-refractivity contribution in [3.8, 4) is 5.75 Å². The molecule has 0 saturated heterocycles. The van der Waals surface area contributed by atoms with E-state index in [1.807, 2.05) is 12.1 Å². The molecule has 2 rings (SSSR count). The van der Waals surface area contributed by atoms with Crippen LogP contribution in [0, 0.1) is 5.92 Å². The summed E-state index contributed by atoms with van der Waals surface area (Å²) in [6, 6.07) is 7.36. The van der Waals surface area contributed by atoms with Crippen molar-refractivity contribution < 1.29 is 5.11 Å². The summed E-state index contributed by atoms with van der Waals surface area (Å²) in [6.07, 6.45) is 2.27. The first-order valence-corrected chi connectivity index (χ1v) is 5.80. The van der Waals surface area contributed by atoms with Crippen LogP contribution in [0.4, 0.5) is 0 Å². The minimum Gasteiger partial charge on any atom is -0.508 e. The van der Waals surface area contributed by atoms with Gasteiger partial charge in [0.2, 0.25) is 0 Å². The Bertz CT molecular complexity index is 323. The van der Waals surface area contributed by atoms with Crippen LogP contribution < -0.4 is 5.32 Å². The van der Waals surface area contributed by atoms with Gasteiger partial charge in [0.25, 0.3) is 0 Å². The average Bonchev–Trinajstić information content (AvgIpc) is 2.15. The molecule has 0 aliphatic heterocycles. The summed E-state index contributed by atoms with van der Waals surface area (Å²) in [5, 5.41) is 13.1. The number of halogens is 1. The topological polar surface area (TPSA) is 32.3 Å². The van der Waals surface area contributed by atoms with Crippen molar-refractivity contribution in [3.05, 3.63) is 29.8 Å². The molecule has 0 amide bonds. The first kappa shape index (κ1) is 10.8. The highest BCUT2D eigenvalue weighted by atomic mass is 35.5. The number of hydrogen-bond acceptors (Lipinski definition) is 2. The fourth-order valence-electron chi connectivity index (χ4n) is 1.91. The third-order valence-electron chi connectivity index (χ3n) is 2.85. The molecule has 3 heteroatoms. The Labute approximate surface area is 95.3 Å². The molecule has 0 radical (unpaired) electrons. The number of benzene rings is 1. The Balaban J connectivity index is 1.69. The van der Waals surface area contributed by atoms with Crippen LogP contribution in [0.2, 0.25) is 0 Å². The van der Waals surface area contributed by atoms with Crippen LogP contribution in [0.3, 0.4) is 0 Å². The first-order chi connectivity index (χ1) is 7.24. The van der Waals surface area contributed by atoms with Crippen LogP contribution >= 0.6 is 11.6 Å². The molecule has 1 aliphatic carbocycles. The summed E-state index contributed by atoms with van der Waals surface area (Å²) in [7, 11) is 0. The van der Waals surface area contributed by atoms with E-state index in [-0.39, 0.29) is 0 Å². The molecule has 0 spiro atoms. The second-order valence-corrected chi connectivity index (χ2v) is 4.85. The maximum atomic E-state index is 9.27. The normalized spacial score (nSPS) is 24.9. The van der Waals surface area contributed by atoms with Crippen molar-refractivity contribution in [2.75, 3.05) is 6.54 Å². The highest BCUT2D eigenvalue weighted by molar-refractivity contribution is 6.21. The van der Waals surface area contributed by atoms with Gasteiger partial charge in [-0.05, 0) is 43.0 Å². The van der Waals surface area contributed by atoms with E-state index in [1.165, 1.54) is 0 Å². The van der Waals surface area contributed by atoms with E-state index in [0.29, 0.717) is 11.1 Å². The molecule has 0 bridgehead atoms. The second kappa shape index (κ2) is 4.86. The molecule has 1 aliphatic rings. The van der Waals surface area contributed by atoms with E-state index < -0.39 is 0 Å². The fourth-order valence-corrected chi connectivity index (χ4v) is 2.41. The van der Waals surface area contributed by atoms with Gasteiger partial charge >= 0.3 is 0 Å². The summed E-state index contributed by atoms with van der Waals surface area (Å²) in [5.74, 6) is 1.07. The Morgan fingerprint density at radius 3 is 2.87 bits per heavy atom. The number of phenolic OH excluding ortho intramolecular Hbond substituents is 1. The van der Waals surface area contributed by atoms with Crippen molar-refractivity contribution in [2.45, 2.75) is 24.8 Å². The van der Waals surface area contributed by atoms with Gasteiger partial charge in [-0.25, -0.2) is 0 Å². The number of aromatic hydroxyl groups is 1. The monoisotopic (exact) mass is 225 g/mol. The van der Waals surface area contributed by atoms with Crippen molar-refractivity contribution in [1.82, 2.24) is 5.32 Å². The Morgan fingerprint density at radius 2 is 2.20 bits per heavy atom. The predicted octanol–water partition coefficient (Wildman–Crippen LogP) is 2.50. The molecule has 0 aromatic heterocycles. The van der Waals surface area contributed by atoms with Gasteiger partial charge in [0.15, 0.2) is 0 Å². The highest BCUT2D eigenvalue weighted by Crippen LogP contribution is 2.31. The summed E-state index contributed by atoms with van der Waals surface area (Å²) in [5.41, 5.74) is 1.12. The van der Waals surface area contributed by atoms with Gasteiger partial charge in [0.05, 0.1) is 0 Å². The number of hydrogen-bond donors (Lipinski definition) is 2. The zero-order valence-electron chi connectivity index (χ0n) is 8.62. The molecule has 1 fully saturated rings. The van der Waals surface area contributed by atoms with Crippen molar-refractivity contribution in [2.24, 2.45) is 5.92 Å². The summed E-state index contributed by atoms with van der Waals surface area (Å²) in [6.45, 7) is 1.84. The maximum absolute atomic E-state index is 9.27. The lowest BCUT2D eigenvalue weighted by Gasteiger charge is -2.30. The minimum absolute atomic E-state index is 0.332. The molecular formula is C12H16ClNO. The third kappa shape index (κ3) is 3.11. The van der Waals surface area contributed by atoms with E-state index in [9.17, 15) is 5.11 Å². The van der Waals surface area contributed by atoms with Crippen molar-refractivity contribution in [1.29, 1.82) is 0 Å². The minimum atomic E-state index is 0.332. The number of phenols is 1. The summed E-state index contributed by atoms with van der Waals surface area (Å²) in [4.78, 5) is 0. The first-order valence-electron chi connectivity index (χ1n) is 5.37. The van der Waals surface area contributed by atoms with E-state index >= 15 is 0 Å². The predicted molar refractivity (Wildman–Crippen MR) is 62.2 cm³/mol. The Hall–Kier alpha value is -0.730. The van der Waals surface area contributed by atoms with Gasteiger partial charge in [-0.2, -0.15) is 0 Å². The van der Waals surface area contributed by atoms with E-state index in [1.54, 1.807) is 12.1 Å². The molecule has 0 unspecified atom stereocenters. The third-order valence-corrected chi connectivity index (χ3v) is 3.21. The van der Waals surface area contributed by atoms with E-state index in [2.05, 4.69) is 5.32 Å². The van der Waals surface area contributed by atoms with Gasteiger partial charge in [-0.15, -0.1) is 11.6 Å². The van der Waals surface area contributed by atoms with Crippen LogP contribution in [0.1, 0.15) is 18.4 Å². The molecule has 1 saturated carbocycles. The molecular weight excluding hydrogens is 210 g/mol. The number of alkyl halides is 1. The van der Waals surface area contributed by atoms with Crippen LogP contribution in [0.25, 0.3) is 0 Å². The van der Waals surface area contributed by atoms with Crippen molar-refractivity contribution in [3.63, 3.8) is 0 Å². The zero-order chi connectivity index (χ0) is 10.7. The molecule has 1 aromatic rings. The molecule has 0 atom stereocenters. The Morgan fingerprint density at radius 1 is 1.40 bits per heavy atom. The van der Waals surface area contributed by atoms with E-state index in [0.717, 1.165) is 37.4 Å². The molecule has 0 heterocycles.